The Morgan fingerprint density at radius 1 is 1.10 bits per heavy atom. The van der Waals surface area contributed by atoms with Crippen molar-refractivity contribution >= 4 is 11.9 Å². The highest BCUT2D eigenvalue weighted by molar-refractivity contribution is 5.79. The molecular formula is C23H34N4O4. The van der Waals surface area contributed by atoms with Crippen molar-refractivity contribution in [2.75, 3.05) is 50.9 Å². The van der Waals surface area contributed by atoms with E-state index in [1.807, 2.05) is 4.90 Å². The smallest absolute Gasteiger partial charge is 0.255 e. The number of H-pyrrole nitrogens is 1. The van der Waals surface area contributed by atoms with Crippen LogP contribution in [0, 0.1) is 5.92 Å². The molecule has 4 aliphatic rings. The van der Waals surface area contributed by atoms with Gasteiger partial charge in [0.25, 0.3) is 5.56 Å². The minimum atomic E-state index is -0.221. The van der Waals surface area contributed by atoms with Crippen LogP contribution in [0.1, 0.15) is 57.2 Å². The number of hydrogen-bond donors (Lipinski definition) is 1. The number of carbonyl (C=O) groups is 1. The second-order valence-corrected chi connectivity index (χ2v) is 10.2. The number of carbonyl (C=O) groups excluding carboxylic acids is 1. The number of likely N-dealkylation sites (tertiary alicyclic amines) is 1. The number of rotatable bonds is 2. The molecule has 0 aromatic carbocycles. The van der Waals surface area contributed by atoms with Gasteiger partial charge in [0.1, 0.15) is 0 Å². The highest BCUT2D eigenvalue weighted by Gasteiger charge is 2.46. The van der Waals surface area contributed by atoms with Crippen molar-refractivity contribution in [2.24, 2.45) is 5.92 Å². The summed E-state index contributed by atoms with van der Waals surface area (Å²) >= 11 is 0. The van der Waals surface area contributed by atoms with Gasteiger partial charge in [0.15, 0.2) is 0 Å². The van der Waals surface area contributed by atoms with E-state index < -0.39 is 0 Å². The number of aromatic amines is 1. The molecular weight excluding hydrogens is 396 g/mol. The topological polar surface area (TPSA) is 87.8 Å². The van der Waals surface area contributed by atoms with Gasteiger partial charge in [-0.1, -0.05) is 0 Å². The average molecular weight is 431 g/mol. The third-order valence-corrected chi connectivity index (χ3v) is 7.75. The number of aromatic nitrogens is 2. The van der Waals surface area contributed by atoms with Crippen LogP contribution in [-0.4, -0.2) is 72.4 Å². The van der Waals surface area contributed by atoms with Gasteiger partial charge in [-0.2, -0.15) is 0 Å². The number of amides is 1. The standard InChI is InChI=1S/C23H34N4O4/c1-22(2)15-16(4-12-31-22)20(29)26-8-6-23(7-9-26)5-3-17-18(23)24-21(25-19(17)28)27-10-13-30-14-11-27/h16H,3-15H2,1-2H3,(H,24,25,28). The first-order chi connectivity index (χ1) is 14.9. The number of anilines is 1. The maximum Gasteiger partial charge on any atom is 0.255 e. The first-order valence-electron chi connectivity index (χ1n) is 11.8. The minimum Gasteiger partial charge on any atom is -0.378 e. The lowest BCUT2D eigenvalue weighted by Crippen LogP contribution is -2.49. The fourth-order valence-corrected chi connectivity index (χ4v) is 5.91. The van der Waals surface area contributed by atoms with Crippen LogP contribution in [-0.2, 0) is 26.1 Å². The molecule has 1 atom stereocenters. The van der Waals surface area contributed by atoms with Crippen LogP contribution < -0.4 is 10.5 Å². The summed E-state index contributed by atoms with van der Waals surface area (Å²) < 4.78 is 11.2. The maximum absolute atomic E-state index is 13.2. The Morgan fingerprint density at radius 3 is 2.55 bits per heavy atom. The molecule has 1 amide bonds. The van der Waals surface area contributed by atoms with E-state index in [0.29, 0.717) is 25.8 Å². The molecule has 3 fully saturated rings. The number of piperidine rings is 1. The summed E-state index contributed by atoms with van der Waals surface area (Å²) in [5.41, 5.74) is 1.54. The van der Waals surface area contributed by atoms with E-state index >= 15 is 0 Å². The zero-order chi connectivity index (χ0) is 21.6. The lowest BCUT2D eigenvalue weighted by Gasteiger charge is -2.42. The predicted octanol–water partition coefficient (Wildman–Crippen LogP) is 1.62. The van der Waals surface area contributed by atoms with E-state index in [9.17, 15) is 9.59 Å². The Hall–Kier alpha value is -1.93. The zero-order valence-electron chi connectivity index (χ0n) is 18.7. The van der Waals surface area contributed by atoms with Gasteiger partial charge in [0, 0.05) is 49.7 Å². The van der Waals surface area contributed by atoms with Crippen molar-refractivity contribution in [1.82, 2.24) is 14.9 Å². The van der Waals surface area contributed by atoms with E-state index in [1.54, 1.807) is 0 Å². The minimum absolute atomic E-state index is 0.00584. The maximum atomic E-state index is 13.2. The van der Waals surface area contributed by atoms with Crippen LogP contribution in [0.5, 0.6) is 0 Å². The highest BCUT2D eigenvalue weighted by Crippen LogP contribution is 2.45. The molecule has 170 valence electrons. The van der Waals surface area contributed by atoms with Gasteiger partial charge < -0.3 is 19.3 Å². The third-order valence-electron chi connectivity index (χ3n) is 7.75. The van der Waals surface area contributed by atoms with Crippen molar-refractivity contribution in [3.05, 3.63) is 21.6 Å². The molecule has 1 N–H and O–H groups in total. The second-order valence-electron chi connectivity index (χ2n) is 10.2. The Kier molecular flexibility index (Phi) is 5.33. The Labute approximate surface area is 183 Å². The average Bonchev–Trinajstić information content (AvgIpc) is 3.12. The van der Waals surface area contributed by atoms with Gasteiger partial charge in [-0.3, -0.25) is 14.6 Å². The summed E-state index contributed by atoms with van der Waals surface area (Å²) in [5.74, 6) is 1.01. The van der Waals surface area contributed by atoms with Crippen molar-refractivity contribution in [3.63, 3.8) is 0 Å². The van der Waals surface area contributed by atoms with Crippen molar-refractivity contribution in [1.29, 1.82) is 0 Å². The summed E-state index contributed by atoms with van der Waals surface area (Å²) in [6.07, 6.45) is 5.11. The lowest BCUT2D eigenvalue weighted by molar-refractivity contribution is -0.147. The summed E-state index contributed by atoms with van der Waals surface area (Å²) in [7, 11) is 0. The zero-order valence-corrected chi connectivity index (χ0v) is 18.7. The molecule has 1 spiro atoms. The summed E-state index contributed by atoms with van der Waals surface area (Å²) in [5, 5.41) is 0. The molecule has 8 heteroatoms. The van der Waals surface area contributed by atoms with Crippen LogP contribution in [0.15, 0.2) is 4.79 Å². The van der Waals surface area contributed by atoms with Gasteiger partial charge in [-0.15, -0.1) is 0 Å². The van der Waals surface area contributed by atoms with Crippen molar-refractivity contribution in [2.45, 2.75) is 63.4 Å². The molecule has 3 saturated heterocycles. The molecule has 0 bridgehead atoms. The number of nitrogens with one attached hydrogen (secondary N) is 1. The summed E-state index contributed by atoms with van der Waals surface area (Å²) in [4.78, 5) is 38.1. The van der Waals surface area contributed by atoms with Gasteiger partial charge in [0.05, 0.1) is 24.5 Å². The van der Waals surface area contributed by atoms with Crippen LogP contribution in [0.2, 0.25) is 0 Å². The molecule has 1 aromatic heterocycles. The molecule has 0 saturated carbocycles. The summed E-state index contributed by atoms with van der Waals surface area (Å²) in [6.45, 7) is 9.11. The highest BCUT2D eigenvalue weighted by atomic mass is 16.5. The fourth-order valence-electron chi connectivity index (χ4n) is 5.91. The second kappa shape index (κ2) is 7.89. The molecule has 5 rings (SSSR count). The monoisotopic (exact) mass is 430 g/mol. The third kappa shape index (κ3) is 3.89. The van der Waals surface area contributed by atoms with Crippen LogP contribution in [0.3, 0.4) is 0 Å². The van der Waals surface area contributed by atoms with Gasteiger partial charge in [-0.25, -0.2) is 4.98 Å². The number of fused-ring (bicyclic) bond motifs is 2. The van der Waals surface area contributed by atoms with Gasteiger partial charge in [0.2, 0.25) is 11.9 Å². The molecule has 31 heavy (non-hydrogen) atoms. The van der Waals surface area contributed by atoms with Gasteiger partial charge >= 0.3 is 0 Å². The Bertz CT molecular complexity index is 897. The Morgan fingerprint density at radius 2 is 1.84 bits per heavy atom. The molecule has 3 aliphatic heterocycles. The molecule has 1 aliphatic carbocycles. The molecule has 4 heterocycles. The van der Waals surface area contributed by atoms with E-state index in [1.165, 1.54) is 0 Å². The van der Waals surface area contributed by atoms with Crippen LogP contribution in [0.4, 0.5) is 5.95 Å². The molecule has 0 radical (unpaired) electrons. The molecule has 1 unspecified atom stereocenters. The lowest BCUT2D eigenvalue weighted by atomic mass is 9.75. The SMILES string of the molecule is CC1(C)CC(C(=O)N2CCC3(CCc4c3nc(N3CCOCC3)[nH]c4=O)CC2)CCO1. The van der Waals surface area contributed by atoms with Crippen molar-refractivity contribution < 1.29 is 14.3 Å². The van der Waals surface area contributed by atoms with E-state index in [-0.39, 0.29) is 28.4 Å². The molecule has 8 nitrogen and oxygen atoms in total. The first-order valence-corrected chi connectivity index (χ1v) is 11.8. The van der Waals surface area contributed by atoms with E-state index in [0.717, 1.165) is 76.0 Å². The number of nitrogens with zero attached hydrogens (tertiary/aromatic N) is 3. The number of hydrogen-bond acceptors (Lipinski definition) is 6. The number of morpholine rings is 1. The van der Waals surface area contributed by atoms with Crippen molar-refractivity contribution in [3.8, 4) is 0 Å². The van der Waals surface area contributed by atoms with Gasteiger partial charge in [-0.05, 0) is 52.4 Å². The molecule has 1 aromatic rings. The van der Waals surface area contributed by atoms with Crippen LogP contribution in [0.25, 0.3) is 0 Å². The Balaban J connectivity index is 1.32. The van der Waals surface area contributed by atoms with E-state index in [2.05, 4.69) is 23.7 Å². The van der Waals surface area contributed by atoms with Crippen LogP contribution >= 0.6 is 0 Å². The fraction of sp³-hybridized carbons (Fsp3) is 0.783. The predicted molar refractivity (Wildman–Crippen MR) is 116 cm³/mol. The normalized spacial score (nSPS) is 27.4. The largest absolute Gasteiger partial charge is 0.378 e. The first kappa shape index (κ1) is 20.9. The summed E-state index contributed by atoms with van der Waals surface area (Å²) in [6, 6.07) is 0. The number of ether oxygens (including phenoxy) is 2. The van der Waals surface area contributed by atoms with E-state index in [4.69, 9.17) is 14.5 Å². The quantitative estimate of drug-likeness (QED) is 0.767.